The first kappa shape index (κ1) is 21.8. The lowest BCUT2D eigenvalue weighted by atomic mass is 9.95. The van der Waals surface area contributed by atoms with E-state index < -0.39 is 41.3 Å². The Balaban J connectivity index is 3.24. The molecule has 0 N–H and O–H groups in total. The molecule has 0 aliphatic rings. The molecular formula is C14H9F9O3. The van der Waals surface area contributed by atoms with Crippen LogP contribution in [0.3, 0.4) is 0 Å². The maximum absolute atomic E-state index is 13.5. The van der Waals surface area contributed by atoms with Crippen molar-refractivity contribution in [3.63, 3.8) is 0 Å². The van der Waals surface area contributed by atoms with Gasteiger partial charge in [0.15, 0.2) is 0 Å². The summed E-state index contributed by atoms with van der Waals surface area (Å²) in [6.07, 6.45) is -7.02. The molecule has 0 unspecified atom stereocenters. The van der Waals surface area contributed by atoms with Gasteiger partial charge in [-0.2, -0.15) is 39.5 Å². The van der Waals surface area contributed by atoms with Gasteiger partial charge in [-0.05, 0) is 19.1 Å². The topological polar surface area (TPSA) is 43.4 Å². The van der Waals surface area contributed by atoms with Gasteiger partial charge >= 0.3 is 29.9 Å². The Morgan fingerprint density at radius 1 is 0.808 bits per heavy atom. The molecule has 0 aromatic heterocycles. The van der Waals surface area contributed by atoms with E-state index in [1.165, 1.54) is 6.92 Å². The molecule has 0 atom stereocenters. The Kier molecular flexibility index (Phi) is 5.69. The Bertz CT molecular complexity index is 678. The van der Waals surface area contributed by atoms with Gasteiger partial charge in [0.05, 0.1) is 12.2 Å². The van der Waals surface area contributed by atoms with E-state index in [0.29, 0.717) is 24.3 Å². The van der Waals surface area contributed by atoms with Crippen LogP contribution in [0.1, 0.15) is 27.6 Å². The van der Waals surface area contributed by atoms with Gasteiger partial charge in [-0.25, -0.2) is 4.79 Å². The summed E-state index contributed by atoms with van der Waals surface area (Å²) in [7, 11) is 0. The number of rotatable bonds is 6. The summed E-state index contributed by atoms with van der Waals surface area (Å²) in [4.78, 5) is 22.8. The number of carbonyl (C=O) groups excluding carboxylic acids is 2. The van der Waals surface area contributed by atoms with Crippen LogP contribution in [-0.2, 0) is 4.74 Å². The van der Waals surface area contributed by atoms with Crippen LogP contribution in [0.15, 0.2) is 24.3 Å². The molecule has 3 nitrogen and oxygen atoms in total. The zero-order valence-corrected chi connectivity index (χ0v) is 12.6. The highest BCUT2D eigenvalue weighted by Crippen LogP contribution is 2.53. The maximum atomic E-state index is 13.5. The predicted molar refractivity (Wildman–Crippen MR) is 67.6 cm³/mol. The molecule has 0 radical (unpaired) electrons. The van der Waals surface area contributed by atoms with Gasteiger partial charge in [0.1, 0.15) is 0 Å². The second kappa shape index (κ2) is 6.80. The number of ketones is 1. The van der Waals surface area contributed by atoms with Crippen LogP contribution >= 0.6 is 0 Å². The predicted octanol–water partition coefficient (Wildman–Crippen LogP) is 4.51. The highest BCUT2D eigenvalue weighted by Gasteiger charge is 2.83. The Morgan fingerprint density at radius 2 is 1.23 bits per heavy atom. The average Bonchev–Trinajstić information content (AvgIpc) is 2.53. The number of hydrogen-bond donors (Lipinski definition) is 0. The second-order valence-corrected chi connectivity index (χ2v) is 4.85. The number of hydrogen-bond acceptors (Lipinski definition) is 3. The highest BCUT2D eigenvalue weighted by atomic mass is 19.4. The summed E-state index contributed by atoms with van der Waals surface area (Å²) in [6, 6.07) is 2.15. The molecule has 12 heteroatoms. The largest absolute Gasteiger partial charge is 0.462 e. The number of ether oxygens (including phenoxy) is 1. The van der Waals surface area contributed by atoms with Crippen LogP contribution in [0.25, 0.3) is 0 Å². The van der Waals surface area contributed by atoms with Crippen molar-refractivity contribution in [1.29, 1.82) is 0 Å². The second-order valence-electron chi connectivity index (χ2n) is 4.85. The molecule has 0 bridgehead atoms. The van der Waals surface area contributed by atoms with Crippen LogP contribution in [-0.4, -0.2) is 42.3 Å². The van der Waals surface area contributed by atoms with Gasteiger partial charge in [0.2, 0.25) is 5.78 Å². The molecule has 0 saturated heterocycles. The van der Waals surface area contributed by atoms with Crippen LogP contribution in [0, 0.1) is 0 Å². The van der Waals surface area contributed by atoms with Crippen molar-refractivity contribution < 1.29 is 53.8 Å². The van der Waals surface area contributed by atoms with E-state index in [4.69, 9.17) is 0 Å². The van der Waals surface area contributed by atoms with E-state index in [9.17, 15) is 49.1 Å². The fourth-order valence-electron chi connectivity index (χ4n) is 1.67. The standard InChI is InChI=1S/C14H9F9O3/c1-2-26-10(25)8-5-3-7(4-6-8)9(24)11(15,16)12(17,18)13(19,20)14(21,22)23/h3-6H,2H2,1H3. The molecule has 26 heavy (non-hydrogen) atoms. The number of alkyl halides is 9. The van der Waals surface area contributed by atoms with Gasteiger partial charge < -0.3 is 4.74 Å². The first-order valence-corrected chi connectivity index (χ1v) is 6.63. The lowest BCUT2D eigenvalue weighted by Gasteiger charge is -2.32. The Hall–Kier alpha value is -2.27. The third-order valence-corrected chi connectivity index (χ3v) is 3.09. The number of benzene rings is 1. The minimum atomic E-state index is -7.16. The number of halogens is 9. The summed E-state index contributed by atoms with van der Waals surface area (Å²) >= 11 is 0. The quantitative estimate of drug-likeness (QED) is 0.404. The van der Waals surface area contributed by atoms with E-state index in [-0.39, 0.29) is 12.2 Å². The van der Waals surface area contributed by atoms with Crippen molar-refractivity contribution in [3.8, 4) is 0 Å². The Labute approximate surface area is 139 Å². The lowest BCUT2D eigenvalue weighted by molar-refractivity contribution is -0.386. The molecule has 1 rings (SSSR count). The summed E-state index contributed by atoms with van der Waals surface area (Å²) in [6.45, 7) is 1.36. The maximum Gasteiger partial charge on any atom is 0.460 e. The van der Waals surface area contributed by atoms with E-state index >= 15 is 0 Å². The van der Waals surface area contributed by atoms with Gasteiger partial charge in [0.25, 0.3) is 0 Å². The zero-order valence-electron chi connectivity index (χ0n) is 12.6. The van der Waals surface area contributed by atoms with Crippen LogP contribution in [0.4, 0.5) is 39.5 Å². The molecule has 146 valence electrons. The summed E-state index contributed by atoms with van der Waals surface area (Å²) in [5, 5.41) is 0. The highest BCUT2D eigenvalue weighted by molar-refractivity contribution is 6.03. The third kappa shape index (κ3) is 3.49. The monoisotopic (exact) mass is 396 g/mol. The minimum absolute atomic E-state index is 0.0731. The van der Waals surface area contributed by atoms with Crippen molar-refractivity contribution in [1.82, 2.24) is 0 Å². The summed E-state index contributed by atoms with van der Waals surface area (Å²) in [5.41, 5.74) is -1.60. The van der Waals surface area contributed by atoms with Crippen LogP contribution in [0.5, 0.6) is 0 Å². The molecular weight excluding hydrogens is 387 g/mol. The van der Waals surface area contributed by atoms with Crippen molar-refractivity contribution in [3.05, 3.63) is 35.4 Å². The van der Waals surface area contributed by atoms with Crippen LogP contribution in [0.2, 0.25) is 0 Å². The molecule has 0 saturated carbocycles. The van der Waals surface area contributed by atoms with Gasteiger partial charge in [-0.15, -0.1) is 0 Å². The van der Waals surface area contributed by atoms with Crippen molar-refractivity contribution in [2.75, 3.05) is 6.61 Å². The fraction of sp³-hybridized carbons (Fsp3) is 0.429. The third-order valence-electron chi connectivity index (χ3n) is 3.09. The smallest absolute Gasteiger partial charge is 0.460 e. The summed E-state index contributed by atoms with van der Waals surface area (Å²) < 4.78 is 120. The van der Waals surface area contributed by atoms with Crippen molar-refractivity contribution in [2.45, 2.75) is 30.9 Å². The van der Waals surface area contributed by atoms with Crippen molar-refractivity contribution in [2.24, 2.45) is 0 Å². The summed E-state index contributed by atoms with van der Waals surface area (Å²) in [5.74, 6) is -24.5. The first-order chi connectivity index (χ1) is 11.6. The molecule has 0 amide bonds. The normalized spacial score (nSPS) is 13.5. The molecule has 0 spiro atoms. The number of carbonyl (C=O) groups is 2. The van der Waals surface area contributed by atoms with Crippen LogP contribution < -0.4 is 0 Å². The number of esters is 1. The zero-order chi connectivity index (χ0) is 20.6. The van der Waals surface area contributed by atoms with Crippen molar-refractivity contribution >= 4 is 11.8 Å². The first-order valence-electron chi connectivity index (χ1n) is 6.63. The molecule has 1 aromatic rings. The van der Waals surface area contributed by atoms with E-state index in [2.05, 4.69) is 4.74 Å². The average molecular weight is 396 g/mol. The Morgan fingerprint density at radius 3 is 1.62 bits per heavy atom. The molecule has 0 heterocycles. The van der Waals surface area contributed by atoms with E-state index in [1.807, 2.05) is 0 Å². The number of Topliss-reactive ketones (excluding diaryl/α,β-unsaturated/α-hetero) is 1. The van der Waals surface area contributed by atoms with Gasteiger partial charge in [-0.1, -0.05) is 12.1 Å². The molecule has 0 fully saturated rings. The van der Waals surface area contributed by atoms with Gasteiger partial charge in [0, 0.05) is 5.56 Å². The molecule has 0 aliphatic heterocycles. The SMILES string of the molecule is CCOC(=O)c1ccc(C(=O)C(F)(F)C(F)(F)C(F)(F)C(F)(F)F)cc1. The molecule has 0 aliphatic carbocycles. The van der Waals surface area contributed by atoms with E-state index in [0.717, 1.165) is 0 Å². The minimum Gasteiger partial charge on any atom is -0.462 e. The van der Waals surface area contributed by atoms with Gasteiger partial charge in [-0.3, -0.25) is 4.79 Å². The molecule has 1 aromatic carbocycles. The fourth-order valence-corrected chi connectivity index (χ4v) is 1.67. The van der Waals surface area contributed by atoms with E-state index in [1.54, 1.807) is 0 Å². The lowest BCUT2D eigenvalue weighted by Crippen LogP contribution is -2.63.